The van der Waals surface area contributed by atoms with E-state index in [1.807, 2.05) is 0 Å². The van der Waals surface area contributed by atoms with Crippen LogP contribution in [0.3, 0.4) is 0 Å². The molecule has 0 aliphatic rings. The lowest BCUT2D eigenvalue weighted by atomic mass is 10.00. The molecule has 0 rings (SSSR count). The maximum Gasteiger partial charge on any atom is 0.187 e. The molecule has 0 saturated carbocycles. The molecule has 0 fully saturated rings. The van der Waals surface area contributed by atoms with Crippen LogP contribution in [0.2, 0.25) is 37.3 Å². The van der Waals surface area contributed by atoms with Gasteiger partial charge in [-0.1, -0.05) is 59.7 Å². The highest BCUT2D eigenvalue weighted by molar-refractivity contribution is 8.29. The Balaban J connectivity index is 4.51. The standard InChI is InChI=1S/C16H38OSSi2/c1-9-13-17-19(7,8)15-16(5,6)14-18-20(10-2,11-3)12-4/h9-15H2,1-8H3. The molecule has 1 nitrogen and oxygen atoms in total. The van der Waals surface area contributed by atoms with Crippen LogP contribution >= 0.6 is 11.2 Å². The van der Waals surface area contributed by atoms with Gasteiger partial charge in [-0.05, 0) is 36.7 Å². The summed E-state index contributed by atoms with van der Waals surface area (Å²) in [7, 11) is -2.52. The van der Waals surface area contributed by atoms with Gasteiger partial charge in [-0.2, -0.15) is 11.2 Å². The van der Waals surface area contributed by atoms with Gasteiger partial charge in [0.25, 0.3) is 0 Å². The first-order valence-corrected chi connectivity index (χ1v) is 15.9. The minimum atomic E-state index is -1.48. The van der Waals surface area contributed by atoms with Crippen LogP contribution in [-0.4, -0.2) is 27.9 Å². The van der Waals surface area contributed by atoms with Crippen molar-refractivity contribution in [3.8, 4) is 0 Å². The average molecular weight is 335 g/mol. The molecule has 0 radical (unpaired) electrons. The van der Waals surface area contributed by atoms with E-state index in [4.69, 9.17) is 4.43 Å². The average Bonchev–Trinajstić information content (AvgIpc) is 2.37. The number of hydrogen-bond acceptors (Lipinski definition) is 2. The molecule has 122 valence electrons. The van der Waals surface area contributed by atoms with Crippen molar-refractivity contribution >= 4 is 26.8 Å². The topological polar surface area (TPSA) is 9.23 Å². The van der Waals surface area contributed by atoms with Crippen molar-refractivity contribution in [2.75, 3.05) is 12.4 Å². The minimum Gasteiger partial charge on any atom is -0.417 e. The molecule has 0 aromatic heterocycles. The second kappa shape index (κ2) is 9.01. The Bertz CT molecular complexity index is 255. The maximum atomic E-state index is 6.17. The van der Waals surface area contributed by atoms with Crippen LogP contribution in [0.1, 0.15) is 48.0 Å². The van der Waals surface area contributed by atoms with E-state index in [0.717, 1.165) is 13.0 Å². The van der Waals surface area contributed by atoms with E-state index in [-0.39, 0.29) is 0 Å². The van der Waals surface area contributed by atoms with Crippen LogP contribution in [0.4, 0.5) is 0 Å². The Kier molecular flexibility index (Phi) is 9.35. The van der Waals surface area contributed by atoms with E-state index in [1.165, 1.54) is 29.9 Å². The predicted octanol–water partition coefficient (Wildman–Crippen LogP) is 6.38. The summed E-state index contributed by atoms with van der Waals surface area (Å²) in [6, 6.07) is 5.56. The van der Waals surface area contributed by atoms with Crippen LogP contribution in [0, 0.1) is 5.41 Å². The van der Waals surface area contributed by atoms with Crippen molar-refractivity contribution in [2.45, 2.75) is 85.2 Å². The quantitative estimate of drug-likeness (QED) is 0.405. The lowest BCUT2D eigenvalue weighted by molar-refractivity contribution is 0.292. The minimum absolute atomic E-state index is 0.423. The Morgan fingerprint density at radius 1 is 0.950 bits per heavy atom. The first-order chi connectivity index (χ1) is 9.16. The number of hydrogen-bond donors (Lipinski definition) is 0. The highest BCUT2D eigenvalue weighted by Crippen LogP contribution is 2.40. The summed E-state index contributed by atoms with van der Waals surface area (Å²) in [6.07, 6.45) is 1.14. The molecular weight excluding hydrogens is 296 g/mol. The Morgan fingerprint density at radius 3 is 1.85 bits per heavy atom. The van der Waals surface area contributed by atoms with Gasteiger partial charge in [0.15, 0.2) is 8.32 Å². The zero-order chi connectivity index (χ0) is 15.9. The summed E-state index contributed by atoms with van der Waals surface area (Å²) >= 11 is 2.35. The number of rotatable bonds is 11. The van der Waals surface area contributed by atoms with Crippen molar-refractivity contribution in [1.29, 1.82) is 0 Å². The van der Waals surface area contributed by atoms with Crippen LogP contribution < -0.4 is 0 Å². The van der Waals surface area contributed by atoms with Gasteiger partial charge in [-0.3, -0.25) is 0 Å². The Morgan fingerprint density at radius 2 is 1.45 bits per heavy atom. The van der Waals surface area contributed by atoms with Crippen molar-refractivity contribution in [3.05, 3.63) is 0 Å². The van der Waals surface area contributed by atoms with E-state index in [0.29, 0.717) is 5.41 Å². The van der Waals surface area contributed by atoms with Crippen LogP contribution in [0.25, 0.3) is 0 Å². The van der Waals surface area contributed by atoms with Crippen molar-refractivity contribution in [1.82, 2.24) is 0 Å². The van der Waals surface area contributed by atoms with E-state index >= 15 is 0 Å². The molecule has 0 saturated heterocycles. The molecule has 0 heterocycles. The molecule has 0 bridgehead atoms. The van der Waals surface area contributed by atoms with Crippen LogP contribution in [0.5, 0.6) is 0 Å². The van der Waals surface area contributed by atoms with Crippen molar-refractivity contribution in [2.24, 2.45) is 5.41 Å². The zero-order valence-corrected chi connectivity index (χ0v) is 18.1. The molecule has 0 N–H and O–H groups in total. The third kappa shape index (κ3) is 7.67. The first kappa shape index (κ1) is 20.7. The van der Waals surface area contributed by atoms with Crippen LogP contribution in [-0.2, 0) is 4.43 Å². The van der Waals surface area contributed by atoms with Gasteiger partial charge in [0.2, 0.25) is 0 Å². The van der Waals surface area contributed by atoms with Gasteiger partial charge < -0.3 is 4.43 Å². The van der Waals surface area contributed by atoms with Gasteiger partial charge in [0, 0.05) is 6.61 Å². The molecular formula is C16H38OSSi2. The maximum absolute atomic E-state index is 6.17. The molecule has 0 atom stereocenters. The highest BCUT2D eigenvalue weighted by Gasteiger charge is 2.35. The fraction of sp³-hybridized carbons (Fsp3) is 1.00. The third-order valence-corrected chi connectivity index (χ3v) is 17.4. The second-order valence-electron chi connectivity index (χ2n) is 7.48. The Labute approximate surface area is 134 Å². The first-order valence-electron chi connectivity index (χ1n) is 8.44. The highest BCUT2D eigenvalue weighted by atomic mass is 32.4. The molecule has 0 aliphatic carbocycles. The van der Waals surface area contributed by atoms with Gasteiger partial charge >= 0.3 is 0 Å². The van der Waals surface area contributed by atoms with E-state index < -0.39 is 15.5 Å². The summed E-state index contributed by atoms with van der Waals surface area (Å²) < 4.78 is 6.17. The Hall–Kier alpha value is 0.744. The monoisotopic (exact) mass is 334 g/mol. The smallest absolute Gasteiger partial charge is 0.187 e. The van der Waals surface area contributed by atoms with E-state index in [9.17, 15) is 0 Å². The summed E-state index contributed by atoms with van der Waals surface area (Å²) in [5, 5.41) is 0. The fourth-order valence-electron chi connectivity index (χ4n) is 3.04. The normalized spacial score (nSPS) is 13.8. The molecule has 20 heavy (non-hydrogen) atoms. The molecule has 0 aromatic rings. The van der Waals surface area contributed by atoms with Gasteiger partial charge in [-0.25, -0.2) is 0 Å². The largest absolute Gasteiger partial charge is 0.417 e. The SMILES string of the molecule is CCCO[Si](C)(C)CC(C)(C)CS[Si](CC)(CC)CC. The lowest BCUT2D eigenvalue weighted by Crippen LogP contribution is -2.38. The summed E-state index contributed by atoms with van der Waals surface area (Å²) in [6.45, 7) is 20.0. The van der Waals surface area contributed by atoms with Gasteiger partial charge in [-0.15, -0.1) is 0 Å². The second-order valence-corrected chi connectivity index (χ2v) is 20.2. The predicted molar refractivity (Wildman–Crippen MR) is 102 cm³/mol. The molecule has 0 aromatic carbocycles. The van der Waals surface area contributed by atoms with E-state index in [2.05, 4.69) is 65.8 Å². The van der Waals surface area contributed by atoms with Gasteiger partial charge in [0.1, 0.15) is 7.22 Å². The summed E-state index contributed by atoms with van der Waals surface area (Å²) in [5.74, 6) is 1.32. The van der Waals surface area contributed by atoms with Crippen LogP contribution in [0.15, 0.2) is 0 Å². The molecule has 4 heteroatoms. The lowest BCUT2D eigenvalue weighted by Gasteiger charge is -2.36. The van der Waals surface area contributed by atoms with Crippen molar-refractivity contribution < 1.29 is 4.43 Å². The summed E-state index contributed by atoms with van der Waals surface area (Å²) in [5.41, 5.74) is 0.423. The zero-order valence-electron chi connectivity index (χ0n) is 15.3. The van der Waals surface area contributed by atoms with Gasteiger partial charge in [0.05, 0.1) is 0 Å². The molecule has 0 aliphatic heterocycles. The fourth-order valence-corrected chi connectivity index (χ4v) is 13.3. The summed E-state index contributed by atoms with van der Waals surface area (Å²) in [4.78, 5) is 0. The van der Waals surface area contributed by atoms with Crippen molar-refractivity contribution in [3.63, 3.8) is 0 Å². The molecule has 0 unspecified atom stereocenters. The third-order valence-electron chi connectivity index (χ3n) is 4.30. The van der Waals surface area contributed by atoms with E-state index in [1.54, 1.807) is 0 Å². The molecule has 0 amide bonds. The molecule has 0 spiro atoms.